The number of aliphatic carboxylic acids is 3. The molecule has 3 aliphatic rings. The first kappa shape index (κ1) is 34.1. The summed E-state index contributed by atoms with van der Waals surface area (Å²) in [6.07, 6.45) is 22.3. The molecule has 3 rings (SSSR count). The van der Waals surface area contributed by atoms with Crippen LogP contribution in [-0.4, -0.2) is 73.0 Å². The first-order chi connectivity index (χ1) is 18.0. The van der Waals surface area contributed by atoms with Crippen LogP contribution in [0.25, 0.3) is 0 Å². The molecule has 1 saturated heterocycles. The predicted octanol–water partition coefficient (Wildman–Crippen LogP) is 3.34. The number of carbonyl (C=O) groups is 3. The van der Waals surface area contributed by atoms with Crippen LogP contribution in [0.5, 0.6) is 0 Å². The van der Waals surface area contributed by atoms with Gasteiger partial charge < -0.3 is 25.4 Å². The lowest BCUT2D eigenvalue weighted by Gasteiger charge is -2.40. The number of nitrogens with one attached hydrogen (secondary N) is 2. The molecule has 0 bridgehead atoms. The van der Waals surface area contributed by atoms with Crippen LogP contribution in [0.15, 0.2) is 12.2 Å². The summed E-state index contributed by atoms with van der Waals surface area (Å²) in [5.41, 5.74) is 2.97. The second kappa shape index (κ2) is 19.1. The summed E-state index contributed by atoms with van der Waals surface area (Å²) in [6, 6.07) is 0.859. The first-order valence-corrected chi connectivity index (χ1v) is 14.6. The average Bonchev–Trinajstić information content (AvgIpc) is 2.87. The maximum atomic E-state index is 9.93. The van der Waals surface area contributed by atoms with E-state index in [0.717, 1.165) is 23.8 Å². The zero-order valence-corrected chi connectivity index (χ0v) is 24.0. The molecule has 0 aromatic rings. The van der Waals surface area contributed by atoms with Crippen LogP contribution in [0.2, 0.25) is 0 Å². The Hall–Kier alpha value is -1.97. The maximum Gasteiger partial charge on any atom is 0.328 e. The van der Waals surface area contributed by atoms with E-state index in [0.29, 0.717) is 23.3 Å². The van der Waals surface area contributed by atoms with Gasteiger partial charge in [0.25, 0.3) is 0 Å². The Bertz CT molecular complexity index is 670. The van der Waals surface area contributed by atoms with Crippen molar-refractivity contribution in [1.82, 2.24) is 10.7 Å². The van der Waals surface area contributed by atoms with Gasteiger partial charge in [0.1, 0.15) is 0 Å². The van der Waals surface area contributed by atoms with Crippen LogP contribution in [0.1, 0.15) is 96.3 Å². The normalized spacial score (nSPS) is 21.2. The maximum absolute atomic E-state index is 9.93. The summed E-state index contributed by atoms with van der Waals surface area (Å²) in [7, 11) is 5.78. The fraction of sp³-hybridized carbons (Fsp3) is 0.828. The van der Waals surface area contributed by atoms with Crippen molar-refractivity contribution in [2.75, 3.05) is 34.2 Å². The number of hydrogen-bond acceptors (Lipinski definition) is 6. The molecule has 220 valence electrons. The van der Waals surface area contributed by atoms with E-state index in [9.17, 15) is 19.5 Å². The van der Waals surface area contributed by atoms with Gasteiger partial charge in [0.15, 0.2) is 0 Å². The Morgan fingerprint density at radius 3 is 1.68 bits per heavy atom. The quantitative estimate of drug-likeness (QED) is 0.188. The van der Waals surface area contributed by atoms with E-state index >= 15 is 0 Å². The Labute approximate surface area is 229 Å². The third-order valence-corrected chi connectivity index (χ3v) is 7.76. The molecule has 9 nitrogen and oxygen atoms in total. The molecule has 0 spiro atoms. The van der Waals surface area contributed by atoms with E-state index in [2.05, 4.69) is 10.7 Å². The second-order valence-corrected chi connectivity index (χ2v) is 11.9. The Balaban J connectivity index is 0.000000338. The molecule has 3 fully saturated rings. The summed E-state index contributed by atoms with van der Waals surface area (Å²) >= 11 is 0. The molecular formula is C29H53N3O6. The second-order valence-electron chi connectivity index (χ2n) is 11.9. The molecule has 1 aliphatic heterocycles. The largest absolute Gasteiger partial charge is 0.550 e. The highest BCUT2D eigenvalue weighted by molar-refractivity contribution is 5.89. The standard InChI is InChI=1S/C19H35N.C6H14N2O2.C4H4O4/c1-3-9-16(10-4-1)19(17-11-5-2-6-12-17)15-18-13-7-8-14-20-18;1-8(2,3)7-5-4-6(9)10;5-3(6)1-2-4(7)8/h16-20H,1-15H2;7H,4-5H2,1-3H3;1-2H,(H,5,6)(H,7,8)/b;;2-1-. The fourth-order valence-corrected chi connectivity index (χ4v) is 5.98. The number of piperidine rings is 1. The van der Waals surface area contributed by atoms with Gasteiger partial charge in [-0.2, -0.15) is 5.43 Å². The number of hydrogen-bond donors (Lipinski definition) is 4. The molecule has 0 radical (unpaired) electrons. The van der Waals surface area contributed by atoms with Crippen LogP contribution in [-0.2, 0) is 14.4 Å². The Kier molecular flexibility index (Phi) is 17.2. The van der Waals surface area contributed by atoms with Gasteiger partial charge in [0.05, 0.1) is 21.1 Å². The van der Waals surface area contributed by atoms with Crippen LogP contribution in [0, 0.1) is 17.8 Å². The summed E-state index contributed by atoms with van der Waals surface area (Å²) in [6.45, 7) is 1.73. The van der Waals surface area contributed by atoms with Gasteiger partial charge in [-0.3, -0.25) is 4.59 Å². The summed E-state index contributed by atoms with van der Waals surface area (Å²) in [5.74, 6) is -0.307. The summed E-state index contributed by atoms with van der Waals surface area (Å²) in [4.78, 5) is 29.0. The number of quaternary nitrogens is 1. The van der Waals surface area contributed by atoms with E-state index < -0.39 is 17.9 Å². The lowest BCUT2D eigenvalue weighted by atomic mass is 9.67. The number of nitrogens with zero attached hydrogens (tertiary/aromatic N) is 1. The number of carboxylic acid groups (broad SMARTS) is 3. The molecule has 2 aliphatic carbocycles. The highest BCUT2D eigenvalue weighted by Crippen LogP contribution is 2.42. The molecular weight excluding hydrogens is 486 g/mol. The van der Waals surface area contributed by atoms with Crippen molar-refractivity contribution in [3.05, 3.63) is 12.2 Å². The summed E-state index contributed by atoms with van der Waals surface area (Å²) < 4.78 is 0.563. The van der Waals surface area contributed by atoms with E-state index in [-0.39, 0.29) is 6.42 Å². The average molecular weight is 540 g/mol. The molecule has 38 heavy (non-hydrogen) atoms. The molecule has 1 atom stereocenters. The predicted molar refractivity (Wildman–Crippen MR) is 147 cm³/mol. The van der Waals surface area contributed by atoms with Gasteiger partial charge in [0, 0.05) is 37.1 Å². The highest BCUT2D eigenvalue weighted by atomic mass is 16.4. The lowest BCUT2D eigenvalue weighted by molar-refractivity contribution is -0.915. The molecule has 9 heteroatoms. The van der Waals surface area contributed by atoms with Crippen molar-refractivity contribution in [2.45, 2.75) is 102 Å². The van der Waals surface area contributed by atoms with Crippen molar-refractivity contribution in [3.8, 4) is 0 Å². The zero-order valence-electron chi connectivity index (χ0n) is 24.0. The van der Waals surface area contributed by atoms with Crippen LogP contribution < -0.4 is 15.8 Å². The minimum Gasteiger partial charge on any atom is -0.550 e. The molecule has 0 amide bonds. The highest BCUT2D eigenvalue weighted by Gasteiger charge is 2.33. The fourth-order valence-electron chi connectivity index (χ4n) is 5.98. The number of rotatable bonds is 10. The van der Waals surface area contributed by atoms with Crippen LogP contribution in [0.4, 0.5) is 0 Å². The van der Waals surface area contributed by atoms with Crippen molar-refractivity contribution in [2.24, 2.45) is 17.8 Å². The summed E-state index contributed by atoms with van der Waals surface area (Å²) in [5, 5.41) is 29.4. The van der Waals surface area contributed by atoms with Gasteiger partial charge in [0.2, 0.25) is 0 Å². The first-order valence-electron chi connectivity index (χ1n) is 14.6. The minimum atomic E-state index is -1.26. The van der Waals surface area contributed by atoms with E-state index in [1.165, 1.54) is 70.8 Å². The van der Waals surface area contributed by atoms with Crippen molar-refractivity contribution in [3.63, 3.8) is 0 Å². The lowest BCUT2D eigenvalue weighted by Crippen LogP contribution is -2.49. The van der Waals surface area contributed by atoms with Crippen molar-refractivity contribution in [1.29, 1.82) is 0 Å². The minimum absolute atomic E-state index is 0.0650. The SMILES string of the molecule is C1CCC(C(CC2CCCCN2)C2CCCCC2)CC1.C[N+](C)(C)NCCC(=O)[O-].O=C(O)/C=C\C(=O)O. The van der Waals surface area contributed by atoms with Crippen molar-refractivity contribution >= 4 is 17.9 Å². The van der Waals surface area contributed by atoms with E-state index in [4.69, 9.17) is 10.2 Å². The number of carboxylic acids is 3. The molecule has 0 aromatic carbocycles. The molecule has 1 heterocycles. The third kappa shape index (κ3) is 17.5. The molecule has 2 saturated carbocycles. The Morgan fingerprint density at radius 1 is 0.842 bits per heavy atom. The van der Waals surface area contributed by atoms with Gasteiger partial charge in [-0.15, -0.1) is 0 Å². The van der Waals surface area contributed by atoms with Gasteiger partial charge >= 0.3 is 11.9 Å². The third-order valence-electron chi connectivity index (χ3n) is 7.76. The zero-order chi connectivity index (χ0) is 28.4. The topological polar surface area (TPSA) is 139 Å². The number of carbonyl (C=O) groups excluding carboxylic acids is 1. The Morgan fingerprint density at radius 2 is 1.32 bits per heavy atom. The van der Waals surface area contributed by atoms with Gasteiger partial charge in [-0.1, -0.05) is 70.6 Å². The monoisotopic (exact) mass is 539 g/mol. The van der Waals surface area contributed by atoms with Crippen LogP contribution >= 0.6 is 0 Å². The van der Waals surface area contributed by atoms with Crippen LogP contribution in [0.3, 0.4) is 0 Å². The molecule has 4 N–H and O–H groups in total. The molecule has 0 aromatic heterocycles. The van der Waals surface area contributed by atoms with E-state index in [1.807, 2.05) is 21.1 Å². The van der Waals surface area contributed by atoms with Crippen molar-refractivity contribution < 1.29 is 34.3 Å². The smallest absolute Gasteiger partial charge is 0.328 e. The van der Waals surface area contributed by atoms with Gasteiger partial charge in [-0.05, 0) is 43.6 Å². The van der Waals surface area contributed by atoms with E-state index in [1.54, 1.807) is 25.7 Å². The molecule has 1 unspecified atom stereocenters. The van der Waals surface area contributed by atoms with Gasteiger partial charge in [-0.25, -0.2) is 9.59 Å².